The number of sulfonamides is 1. The van der Waals surface area contributed by atoms with Gasteiger partial charge in [0, 0.05) is 23.2 Å². The number of halogens is 1. The zero-order valence-corrected chi connectivity index (χ0v) is 19.4. The molecule has 33 heavy (non-hydrogen) atoms. The number of amides is 2. The van der Waals surface area contributed by atoms with Crippen LogP contribution >= 0.6 is 11.6 Å². The van der Waals surface area contributed by atoms with Gasteiger partial charge >= 0.3 is 0 Å². The summed E-state index contributed by atoms with van der Waals surface area (Å²) in [6, 6.07) is 9.05. The quantitative estimate of drug-likeness (QED) is 0.546. The normalized spacial score (nSPS) is 17.1. The topological polar surface area (TPSA) is 133 Å². The van der Waals surface area contributed by atoms with E-state index in [1.807, 2.05) is 4.90 Å². The zero-order valence-electron chi connectivity index (χ0n) is 17.8. The number of primary sulfonamides is 1. The summed E-state index contributed by atoms with van der Waals surface area (Å²) in [5.41, 5.74) is 1.78. The average molecular weight is 493 g/mol. The van der Waals surface area contributed by atoms with Crippen LogP contribution in [-0.2, 0) is 26.0 Å². The van der Waals surface area contributed by atoms with Crippen molar-refractivity contribution >= 4 is 44.8 Å². The van der Waals surface area contributed by atoms with E-state index in [1.165, 1.54) is 24.3 Å². The Hall–Kier alpha value is -2.66. The molecular formula is C22H25ClN4O5S. The lowest BCUT2D eigenvalue weighted by atomic mass is 9.95. The number of hydrogen-bond donors (Lipinski definition) is 3. The van der Waals surface area contributed by atoms with E-state index < -0.39 is 10.0 Å². The Morgan fingerprint density at radius 2 is 1.85 bits per heavy atom. The van der Waals surface area contributed by atoms with Crippen LogP contribution < -0.4 is 15.4 Å². The molecule has 2 aliphatic heterocycles. The summed E-state index contributed by atoms with van der Waals surface area (Å²) in [4.78, 5) is 29.2. The van der Waals surface area contributed by atoms with E-state index in [2.05, 4.69) is 5.32 Å². The van der Waals surface area contributed by atoms with Crippen LogP contribution in [0.25, 0.3) is 0 Å². The lowest BCUT2D eigenvalue weighted by molar-refractivity contribution is -0.122. The lowest BCUT2D eigenvalue weighted by Crippen LogP contribution is -2.44. The van der Waals surface area contributed by atoms with Gasteiger partial charge in [-0.25, -0.2) is 13.6 Å². The molecule has 4 N–H and O–H groups in total. The molecule has 2 aliphatic rings. The second kappa shape index (κ2) is 9.30. The maximum atomic E-state index is 12.9. The third kappa shape index (κ3) is 5.30. The van der Waals surface area contributed by atoms with Crippen molar-refractivity contribution in [2.45, 2.75) is 24.2 Å². The molecular weight excluding hydrogens is 468 g/mol. The SMILES string of the molecule is NS(=O)(=O)c1ccc2c(c1)CCN2C(=O)CN1CCC(C(=O)Nc2cc(Cl)ccc2O)CC1. The van der Waals surface area contributed by atoms with E-state index in [9.17, 15) is 23.1 Å². The van der Waals surface area contributed by atoms with E-state index in [0.717, 1.165) is 5.56 Å². The standard InChI is InChI=1S/C22H25ClN4O5S/c23-16-1-4-20(28)18(12-16)25-22(30)14-5-8-26(9-6-14)13-21(29)27-10-7-15-11-17(33(24,31)32)2-3-19(15)27/h1-4,11-12,14,28H,5-10,13H2,(H,25,30)(H2,24,31,32). The molecule has 9 nitrogen and oxygen atoms in total. The number of anilines is 2. The Labute approximate surface area is 197 Å². The Bertz CT molecular complexity index is 1200. The Morgan fingerprint density at radius 3 is 2.55 bits per heavy atom. The summed E-state index contributed by atoms with van der Waals surface area (Å²) in [6.45, 7) is 1.90. The number of nitrogens with zero attached hydrogens (tertiary/aromatic N) is 2. The number of rotatable bonds is 5. The van der Waals surface area contributed by atoms with Crippen LogP contribution in [0.2, 0.25) is 5.02 Å². The van der Waals surface area contributed by atoms with Crippen LogP contribution in [0.5, 0.6) is 5.75 Å². The fourth-order valence-electron chi connectivity index (χ4n) is 4.29. The van der Waals surface area contributed by atoms with Crippen molar-refractivity contribution in [2.75, 3.05) is 36.4 Å². The number of aromatic hydroxyl groups is 1. The maximum absolute atomic E-state index is 12.9. The van der Waals surface area contributed by atoms with Gasteiger partial charge in [-0.3, -0.25) is 14.5 Å². The van der Waals surface area contributed by atoms with Gasteiger partial charge in [-0.2, -0.15) is 0 Å². The van der Waals surface area contributed by atoms with E-state index in [-0.39, 0.29) is 40.6 Å². The van der Waals surface area contributed by atoms with Gasteiger partial charge in [0.25, 0.3) is 0 Å². The summed E-state index contributed by atoms with van der Waals surface area (Å²) in [5, 5.41) is 18.2. The minimum Gasteiger partial charge on any atom is -0.506 e. The highest BCUT2D eigenvalue weighted by Gasteiger charge is 2.30. The highest BCUT2D eigenvalue weighted by Crippen LogP contribution is 2.31. The molecule has 2 aromatic rings. The van der Waals surface area contributed by atoms with E-state index >= 15 is 0 Å². The average Bonchev–Trinajstić information content (AvgIpc) is 3.19. The molecule has 2 heterocycles. The number of benzene rings is 2. The van der Waals surface area contributed by atoms with Gasteiger partial charge in [-0.05, 0) is 74.3 Å². The maximum Gasteiger partial charge on any atom is 0.241 e. The van der Waals surface area contributed by atoms with E-state index in [4.69, 9.17) is 16.7 Å². The highest BCUT2D eigenvalue weighted by molar-refractivity contribution is 7.89. The van der Waals surface area contributed by atoms with Crippen LogP contribution in [0.15, 0.2) is 41.3 Å². The number of likely N-dealkylation sites (tertiary alicyclic amines) is 1. The van der Waals surface area contributed by atoms with Gasteiger partial charge in [0.2, 0.25) is 21.8 Å². The molecule has 0 aromatic heterocycles. The fourth-order valence-corrected chi connectivity index (χ4v) is 5.02. The number of phenols is 1. The molecule has 4 rings (SSSR count). The number of piperidine rings is 1. The molecule has 0 saturated carbocycles. The summed E-state index contributed by atoms with van der Waals surface area (Å²) in [5.74, 6) is -0.515. The van der Waals surface area contributed by atoms with Crippen LogP contribution in [-0.4, -0.2) is 56.4 Å². The number of nitrogens with one attached hydrogen (secondary N) is 1. The fraction of sp³-hybridized carbons (Fsp3) is 0.364. The Balaban J connectivity index is 1.31. The van der Waals surface area contributed by atoms with Gasteiger partial charge in [-0.15, -0.1) is 0 Å². The zero-order chi connectivity index (χ0) is 23.8. The number of carbonyl (C=O) groups is 2. The molecule has 1 fully saturated rings. The minimum absolute atomic E-state index is 0.0435. The van der Waals surface area contributed by atoms with Gasteiger partial charge in [0.1, 0.15) is 5.75 Å². The van der Waals surface area contributed by atoms with Crippen molar-refractivity contribution in [1.82, 2.24) is 4.90 Å². The molecule has 0 spiro atoms. The summed E-state index contributed by atoms with van der Waals surface area (Å²) in [7, 11) is -3.79. The first-order valence-corrected chi connectivity index (χ1v) is 12.5. The second-order valence-corrected chi connectivity index (χ2v) is 10.3. The van der Waals surface area contributed by atoms with Gasteiger partial charge in [0.15, 0.2) is 0 Å². The molecule has 0 unspecified atom stereocenters. The number of phenolic OH excluding ortho intramolecular Hbond substituents is 1. The summed E-state index contributed by atoms with van der Waals surface area (Å²) >= 11 is 5.93. The van der Waals surface area contributed by atoms with E-state index in [1.54, 1.807) is 17.0 Å². The highest BCUT2D eigenvalue weighted by atomic mass is 35.5. The van der Waals surface area contributed by atoms with E-state index in [0.29, 0.717) is 49.6 Å². The first-order valence-electron chi connectivity index (χ1n) is 10.6. The molecule has 0 bridgehead atoms. The number of hydrogen-bond acceptors (Lipinski definition) is 6. The van der Waals surface area contributed by atoms with Crippen molar-refractivity contribution in [1.29, 1.82) is 0 Å². The third-order valence-electron chi connectivity index (χ3n) is 6.11. The summed E-state index contributed by atoms with van der Waals surface area (Å²) < 4.78 is 23.1. The van der Waals surface area contributed by atoms with Crippen LogP contribution in [0.4, 0.5) is 11.4 Å². The first kappa shape index (κ1) is 23.5. The van der Waals surface area contributed by atoms with Crippen molar-refractivity contribution in [3.05, 3.63) is 47.0 Å². The Kier molecular flexibility index (Phi) is 6.62. The monoisotopic (exact) mass is 492 g/mol. The number of nitrogens with two attached hydrogens (primary N) is 1. The molecule has 2 aromatic carbocycles. The molecule has 11 heteroatoms. The Morgan fingerprint density at radius 1 is 1.12 bits per heavy atom. The smallest absolute Gasteiger partial charge is 0.241 e. The predicted octanol–water partition coefficient (Wildman–Crippen LogP) is 1.93. The van der Waals surface area contributed by atoms with Gasteiger partial charge in [-0.1, -0.05) is 11.6 Å². The number of fused-ring (bicyclic) bond motifs is 1. The molecule has 176 valence electrons. The van der Waals surface area contributed by atoms with Crippen LogP contribution in [0.3, 0.4) is 0 Å². The molecule has 2 amide bonds. The van der Waals surface area contributed by atoms with Crippen LogP contribution in [0, 0.1) is 5.92 Å². The molecule has 0 atom stereocenters. The third-order valence-corrected chi connectivity index (χ3v) is 7.26. The molecule has 0 aliphatic carbocycles. The number of carbonyl (C=O) groups excluding carboxylic acids is 2. The van der Waals surface area contributed by atoms with Gasteiger partial charge in [0.05, 0.1) is 17.1 Å². The minimum atomic E-state index is -3.79. The van der Waals surface area contributed by atoms with Crippen molar-refractivity contribution in [3.63, 3.8) is 0 Å². The van der Waals surface area contributed by atoms with Crippen molar-refractivity contribution < 1.29 is 23.1 Å². The largest absolute Gasteiger partial charge is 0.506 e. The molecule has 1 saturated heterocycles. The lowest BCUT2D eigenvalue weighted by Gasteiger charge is -2.32. The molecule has 0 radical (unpaired) electrons. The summed E-state index contributed by atoms with van der Waals surface area (Å²) in [6.07, 6.45) is 1.76. The van der Waals surface area contributed by atoms with Crippen molar-refractivity contribution in [3.8, 4) is 5.75 Å². The van der Waals surface area contributed by atoms with Crippen molar-refractivity contribution in [2.24, 2.45) is 11.1 Å². The van der Waals surface area contributed by atoms with Gasteiger partial charge < -0.3 is 15.3 Å². The second-order valence-electron chi connectivity index (χ2n) is 8.33. The van der Waals surface area contributed by atoms with Crippen LogP contribution in [0.1, 0.15) is 18.4 Å². The predicted molar refractivity (Wildman–Crippen MR) is 125 cm³/mol. The first-order chi connectivity index (χ1) is 15.6.